The normalized spacial score (nSPS) is 9.36. The summed E-state index contributed by atoms with van der Waals surface area (Å²) in [6, 6.07) is 14.7. The predicted molar refractivity (Wildman–Crippen MR) is 149 cm³/mol. The van der Waals surface area contributed by atoms with Gasteiger partial charge in [0.1, 0.15) is 11.5 Å². The lowest BCUT2D eigenvalue weighted by Gasteiger charge is -2.00. The molecule has 200 valence electrons. The van der Waals surface area contributed by atoms with Crippen molar-refractivity contribution in [3.8, 4) is 11.5 Å². The molecule has 0 saturated heterocycles. The maximum atomic E-state index is 11.3. The fraction of sp³-hybridized carbons (Fsp3) is 0.379. The Labute approximate surface area is 221 Å². The summed E-state index contributed by atoms with van der Waals surface area (Å²) in [5, 5.41) is 0.732. The summed E-state index contributed by atoms with van der Waals surface area (Å²) in [7, 11) is 3.25. The highest BCUT2D eigenvalue weighted by Gasteiger charge is 1.96. The summed E-state index contributed by atoms with van der Waals surface area (Å²) >= 11 is 5.61. The molecule has 0 aromatic heterocycles. The molecule has 0 atom stereocenters. The first kappa shape index (κ1) is 34.9. The van der Waals surface area contributed by atoms with Crippen molar-refractivity contribution in [1.29, 1.82) is 0 Å². The molecule has 0 unspecified atom stereocenters. The molecule has 6 nitrogen and oxygen atoms in total. The van der Waals surface area contributed by atoms with Crippen LogP contribution in [0, 0.1) is 0 Å². The van der Waals surface area contributed by atoms with Crippen molar-refractivity contribution in [2.75, 3.05) is 27.4 Å². The summed E-state index contributed by atoms with van der Waals surface area (Å²) in [4.78, 5) is 21.6. The largest absolute Gasteiger partial charge is 0.497 e. The van der Waals surface area contributed by atoms with Crippen LogP contribution in [0.2, 0.25) is 5.02 Å². The van der Waals surface area contributed by atoms with Crippen LogP contribution in [0.25, 0.3) is 6.08 Å². The van der Waals surface area contributed by atoms with Gasteiger partial charge in [-0.3, -0.25) is 0 Å². The number of hydrogen-bond acceptors (Lipinski definition) is 6. The Kier molecular flexibility index (Phi) is 22.8. The smallest absolute Gasteiger partial charge is 0.330 e. The zero-order chi connectivity index (χ0) is 26.3. The number of halogens is 1. The molecule has 0 heterocycles. The summed E-state index contributed by atoms with van der Waals surface area (Å²) in [6.07, 6.45) is 8.25. The fourth-order valence-corrected chi connectivity index (χ4v) is 2.32. The van der Waals surface area contributed by atoms with E-state index in [1.807, 2.05) is 43.3 Å². The molecule has 0 bridgehead atoms. The molecule has 2 rings (SSSR count). The highest BCUT2D eigenvalue weighted by atomic mass is 35.5. The van der Waals surface area contributed by atoms with Gasteiger partial charge >= 0.3 is 11.9 Å². The second kappa shape index (κ2) is 23.5. The molecule has 0 aliphatic rings. The zero-order valence-electron chi connectivity index (χ0n) is 21.1. The first-order valence-electron chi connectivity index (χ1n) is 11.5. The Bertz CT molecular complexity index is 860. The molecule has 2 aromatic carbocycles. The van der Waals surface area contributed by atoms with Crippen molar-refractivity contribution < 1.29 is 28.5 Å². The quantitative estimate of drug-likeness (QED) is 0.173. The average molecular weight is 521 g/mol. The van der Waals surface area contributed by atoms with Crippen molar-refractivity contribution in [3.05, 3.63) is 77.8 Å². The van der Waals surface area contributed by atoms with Crippen LogP contribution in [0.3, 0.4) is 0 Å². The van der Waals surface area contributed by atoms with Gasteiger partial charge in [0, 0.05) is 17.2 Å². The van der Waals surface area contributed by atoms with Crippen LogP contribution in [0.4, 0.5) is 0 Å². The number of unbranched alkanes of at least 4 members (excludes halogenated alkanes) is 2. The van der Waals surface area contributed by atoms with E-state index in [0.717, 1.165) is 47.8 Å². The Morgan fingerprint density at radius 1 is 0.806 bits per heavy atom. The lowest BCUT2D eigenvalue weighted by Crippen LogP contribution is -2.01. The SMILES string of the molecule is C.C=CC(=O)OCCCC.CCCCOC(=O)/C=C/c1ccc(OC)cc1.COc1ccc(Cl)cc1. The molecule has 7 heteroatoms. The highest BCUT2D eigenvalue weighted by molar-refractivity contribution is 6.30. The van der Waals surface area contributed by atoms with E-state index in [-0.39, 0.29) is 19.4 Å². The molecule has 0 aliphatic carbocycles. The Morgan fingerprint density at radius 3 is 1.67 bits per heavy atom. The van der Waals surface area contributed by atoms with Crippen molar-refractivity contribution in [3.63, 3.8) is 0 Å². The molecule has 0 spiro atoms. The molecule has 0 aliphatic heterocycles. The van der Waals surface area contributed by atoms with Gasteiger partial charge in [0.25, 0.3) is 0 Å². The highest BCUT2D eigenvalue weighted by Crippen LogP contribution is 2.14. The van der Waals surface area contributed by atoms with Gasteiger partial charge in [0.05, 0.1) is 27.4 Å². The minimum Gasteiger partial charge on any atom is -0.497 e. The van der Waals surface area contributed by atoms with Crippen LogP contribution in [-0.4, -0.2) is 39.4 Å². The molecule has 0 amide bonds. The number of benzene rings is 2. The fourth-order valence-electron chi connectivity index (χ4n) is 2.19. The van der Waals surface area contributed by atoms with Crippen molar-refractivity contribution in [2.45, 2.75) is 47.0 Å². The second-order valence-electron chi connectivity index (χ2n) is 7.01. The first-order valence-corrected chi connectivity index (χ1v) is 11.9. The van der Waals surface area contributed by atoms with E-state index >= 15 is 0 Å². The van der Waals surface area contributed by atoms with Crippen molar-refractivity contribution in [2.24, 2.45) is 0 Å². The lowest BCUT2D eigenvalue weighted by molar-refractivity contribution is -0.138. The van der Waals surface area contributed by atoms with E-state index in [0.29, 0.717) is 13.2 Å². The Balaban J connectivity index is 0. The number of esters is 2. The van der Waals surface area contributed by atoms with Gasteiger partial charge in [-0.25, -0.2) is 9.59 Å². The van der Waals surface area contributed by atoms with Gasteiger partial charge in [-0.05, 0) is 60.9 Å². The molecule has 0 saturated carbocycles. The van der Waals surface area contributed by atoms with Gasteiger partial charge in [-0.1, -0.05) is 64.4 Å². The average Bonchev–Trinajstić information content (AvgIpc) is 2.89. The second-order valence-corrected chi connectivity index (χ2v) is 7.45. The number of methoxy groups -OCH3 is 2. The zero-order valence-corrected chi connectivity index (χ0v) is 21.9. The molecule has 2 aromatic rings. The summed E-state index contributed by atoms with van der Waals surface area (Å²) < 4.78 is 19.6. The van der Waals surface area contributed by atoms with Crippen LogP contribution in [-0.2, 0) is 19.1 Å². The van der Waals surface area contributed by atoms with E-state index < -0.39 is 0 Å². The predicted octanol–water partition coefficient (Wildman–Crippen LogP) is 7.55. The van der Waals surface area contributed by atoms with Crippen LogP contribution in [0.1, 0.15) is 52.5 Å². The number of carbonyl (C=O) groups excluding carboxylic acids is 2. The van der Waals surface area contributed by atoms with E-state index in [9.17, 15) is 9.59 Å². The van der Waals surface area contributed by atoms with Crippen molar-refractivity contribution in [1.82, 2.24) is 0 Å². The molecular weight excluding hydrogens is 480 g/mol. The van der Waals surface area contributed by atoms with Gasteiger partial charge in [0.2, 0.25) is 0 Å². The maximum absolute atomic E-state index is 11.3. The van der Waals surface area contributed by atoms with E-state index in [2.05, 4.69) is 18.2 Å². The van der Waals surface area contributed by atoms with Crippen LogP contribution in [0.15, 0.2) is 67.3 Å². The van der Waals surface area contributed by atoms with Crippen LogP contribution in [0.5, 0.6) is 11.5 Å². The van der Waals surface area contributed by atoms with Gasteiger partial charge in [-0.2, -0.15) is 0 Å². The third-order valence-electron chi connectivity index (χ3n) is 4.23. The lowest BCUT2D eigenvalue weighted by atomic mass is 10.2. The van der Waals surface area contributed by atoms with E-state index in [1.165, 1.54) is 12.2 Å². The number of hydrogen-bond donors (Lipinski definition) is 0. The van der Waals surface area contributed by atoms with Gasteiger partial charge in [-0.15, -0.1) is 0 Å². The van der Waals surface area contributed by atoms with Crippen LogP contribution < -0.4 is 9.47 Å². The number of ether oxygens (including phenoxy) is 4. The van der Waals surface area contributed by atoms with E-state index in [1.54, 1.807) is 32.4 Å². The summed E-state index contributed by atoms with van der Waals surface area (Å²) in [5.74, 6) is 1.00. The Hall–Kier alpha value is -3.25. The molecule has 0 radical (unpaired) electrons. The number of carbonyl (C=O) groups is 2. The summed E-state index contributed by atoms with van der Waals surface area (Å²) in [6.45, 7) is 8.37. The minimum absolute atomic E-state index is 0. The van der Waals surface area contributed by atoms with E-state index in [4.69, 9.17) is 25.8 Å². The third kappa shape index (κ3) is 19.1. The van der Waals surface area contributed by atoms with Gasteiger partial charge in [0.15, 0.2) is 0 Å². The molecule has 36 heavy (non-hydrogen) atoms. The van der Waals surface area contributed by atoms with Crippen molar-refractivity contribution >= 4 is 29.6 Å². The molecule has 0 fully saturated rings. The molecule has 0 N–H and O–H groups in total. The topological polar surface area (TPSA) is 71.1 Å². The first-order chi connectivity index (χ1) is 16.9. The monoisotopic (exact) mass is 520 g/mol. The van der Waals surface area contributed by atoms with Crippen LogP contribution >= 0.6 is 11.6 Å². The maximum Gasteiger partial charge on any atom is 0.330 e. The standard InChI is InChI=1S/C14H18O3.C7H7ClO.C7H12O2.CH4/c1-3-4-11-17-14(15)10-7-12-5-8-13(16-2)9-6-12;1-9-7-4-2-6(8)3-5-7;1-3-5-6-9-7(8)4-2;/h5-10H,3-4,11H2,1-2H3;2-5H,1H3;4H,2-3,5-6H2,1H3;1H4/b10-7+;;;. The summed E-state index contributed by atoms with van der Waals surface area (Å²) in [5.41, 5.74) is 0.943. The third-order valence-corrected chi connectivity index (χ3v) is 4.48. The number of rotatable bonds is 11. The Morgan fingerprint density at radius 2 is 1.25 bits per heavy atom. The molecular formula is C29H41ClO6. The van der Waals surface area contributed by atoms with Gasteiger partial charge < -0.3 is 18.9 Å². The minimum atomic E-state index is -0.330.